The first-order valence-electron chi connectivity index (χ1n) is 4.95. The molecule has 0 saturated heterocycles. The fourth-order valence-corrected chi connectivity index (χ4v) is 1.67. The molecule has 0 atom stereocenters. The number of hydrogen-bond acceptors (Lipinski definition) is 2. The van der Waals surface area contributed by atoms with Crippen molar-refractivity contribution in [1.82, 2.24) is 4.90 Å². The van der Waals surface area contributed by atoms with Crippen LogP contribution >= 0.6 is 11.6 Å². The topological polar surface area (TPSA) is 37.4 Å². The van der Waals surface area contributed by atoms with E-state index < -0.39 is 0 Å². The van der Waals surface area contributed by atoms with Crippen molar-refractivity contribution in [3.05, 3.63) is 47.0 Å². The van der Waals surface area contributed by atoms with Crippen LogP contribution in [-0.2, 0) is 16.0 Å². The van der Waals surface area contributed by atoms with Gasteiger partial charge in [0.1, 0.15) is 0 Å². The molecule has 0 aliphatic carbocycles. The number of nitrogens with zero attached hydrogens (tertiary/aromatic N) is 1. The highest BCUT2D eigenvalue weighted by atomic mass is 35.5. The normalized spacial score (nSPS) is 14.1. The summed E-state index contributed by atoms with van der Waals surface area (Å²) in [4.78, 5) is 23.7. The Morgan fingerprint density at radius 1 is 1.00 bits per heavy atom. The molecule has 0 spiro atoms. The van der Waals surface area contributed by atoms with Crippen LogP contribution in [0, 0.1) is 0 Å². The molecule has 0 bridgehead atoms. The van der Waals surface area contributed by atoms with Gasteiger partial charge in [0.15, 0.2) is 0 Å². The van der Waals surface area contributed by atoms with Gasteiger partial charge < -0.3 is 0 Å². The van der Waals surface area contributed by atoms with E-state index in [1.807, 2.05) is 12.1 Å². The van der Waals surface area contributed by atoms with E-state index in [-0.39, 0.29) is 16.5 Å². The first kappa shape index (κ1) is 13.4. The minimum absolute atomic E-state index is 0. The third-order valence-corrected chi connectivity index (χ3v) is 2.69. The molecule has 1 aromatic rings. The van der Waals surface area contributed by atoms with Crippen LogP contribution in [0.4, 0.5) is 4.70 Å². The zero-order chi connectivity index (χ0) is 11.5. The van der Waals surface area contributed by atoms with Gasteiger partial charge in [-0.05, 0) is 24.1 Å². The second kappa shape index (κ2) is 5.59. The van der Waals surface area contributed by atoms with E-state index >= 15 is 0 Å². The average molecular weight is 256 g/mol. The van der Waals surface area contributed by atoms with E-state index in [2.05, 4.69) is 0 Å². The van der Waals surface area contributed by atoms with Gasteiger partial charge in [0.25, 0.3) is 11.8 Å². The Labute approximate surface area is 103 Å². The Kier molecular flexibility index (Phi) is 4.40. The maximum absolute atomic E-state index is 11.3. The number of carbonyl (C=O) groups is 2. The zero-order valence-electron chi connectivity index (χ0n) is 8.93. The van der Waals surface area contributed by atoms with E-state index in [0.29, 0.717) is 18.0 Å². The summed E-state index contributed by atoms with van der Waals surface area (Å²) in [5, 5.41) is 0.679. The lowest BCUT2D eigenvalue weighted by Gasteiger charge is -2.13. The lowest BCUT2D eigenvalue weighted by molar-refractivity contribution is -0.136. The van der Waals surface area contributed by atoms with Crippen molar-refractivity contribution in [1.29, 1.82) is 0 Å². The van der Waals surface area contributed by atoms with Gasteiger partial charge in [-0.15, -0.1) is 0 Å². The molecular weight excluding hydrogens is 245 g/mol. The van der Waals surface area contributed by atoms with Gasteiger partial charge in [-0.25, -0.2) is 0 Å². The van der Waals surface area contributed by atoms with E-state index in [0.717, 1.165) is 5.56 Å². The van der Waals surface area contributed by atoms with E-state index in [4.69, 9.17) is 11.6 Å². The number of rotatable bonds is 3. The van der Waals surface area contributed by atoms with Crippen LogP contribution in [0.2, 0.25) is 5.02 Å². The van der Waals surface area contributed by atoms with Crippen LogP contribution in [0.25, 0.3) is 0 Å². The summed E-state index contributed by atoms with van der Waals surface area (Å²) in [5.74, 6) is -0.474. The highest BCUT2D eigenvalue weighted by molar-refractivity contribution is 6.30. The minimum atomic E-state index is -0.237. The smallest absolute Gasteiger partial charge is 0.253 e. The Bertz CT molecular complexity index is 438. The number of halogens is 2. The van der Waals surface area contributed by atoms with Gasteiger partial charge in [-0.3, -0.25) is 19.2 Å². The number of amides is 2. The van der Waals surface area contributed by atoms with Gasteiger partial charge >= 0.3 is 0 Å². The van der Waals surface area contributed by atoms with Crippen LogP contribution in [0.5, 0.6) is 0 Å². The molecule has 0 aromatic heterocycles. The zero-order valence-corrected chi connectivity index (χ0v) is 9.68. The van der Waals surface area contributed by atoms with E-state index in [9.17, 15) is 9.59 Å². The quantitative estimate of drug-likeness (QED) is 0.775. The summed E-state index contributed by atoms with van der Waals surface area (Å²) in [6, 6.07) is 7.37. The Hall–Kier alpha value is -1.68. The first-order chi connectivity index (χ1) is 7.66. The number of imide groups is 1. The Morgan fingerprint density at radius 3 is 2.06 bits per heavy atom. The Balaban J connectivity index is 0.00000144. The van der Waals surface area contributed by atoms with Crippen molar-refractivity contribution in [2.75, 3.05) is 6.54 Å². The summed E-state index contributed by atoms with van der Waals surface area (Å²) < 4.78 is 0. The molecule has 5 heteroatoms. The SMILES string of the molecule is F.O=C1C=CC(=O)N1CCc1ccc(Cl)cc1. The molecule has 0 fully saturated rings. The van der Waals surface area contributed by atoms with Gasteiger partial charge in [0, 0.05) is 23.7 Å². The third-order valence-electron chi connectivity index (χ3n) is 2.44. The lowest BCUT2D eigenvalue weighted by Crippen LogP contribution is -2.31. The summed E-state index contributed by atoms with van der Waals surface area (Å²) >= 11 is 5.76. The predicted octanol–water partition coefficient (Wildman–Crippen LogP) is 1.96. The predicted molar refractivity (Wildman–Crippen MR) is 63.5 cm³/mol. The maximum Gasteiger partial charge on any atom is 0.253 e. The second-order valence-electron chi connectivity index (χ2n) is 3.54. The largest absolute Gasteiger partial charge is 0.275 e. The number of benzene rings is 1. The molecule has 0 saturated carbocycles. The Morgan fingerprint density at radius 2 is 1.53 bits per heavy atom. The summed E-state index contributed by atoms with van der Waals surface area (Å²) in [6.07, 6.45) is 3.24. The van der Waals surface area contributed by atoms with Gasteiger partial charge in [0.05, 0.1) is 0 Å². The van der Waals surface area contributed by atoms with Crippen LogP contribution in [-0.4, -0.2) is 23.3 Å². The van der Waals surface area contributed by atoms with Crippen molar-refractivity contribution in [3.8, 4) is 0 Å². The van der Waals surface area contributed by atoms with Crippen molar-refractivity contribution in [2.45, 2.75) is 6.42 Å². The van der Waals surface area contributed by atoms with Crippen molar-refractivity contribution >= 4 is 23.4 Å². The molecule has 1 heterocycles. The van der Waals surface area contributed by atoms with Crippen molar-refractivity contribution in [2.24, 2.45) is 0 Å². The van der Waals surface area contributed by atoms with Crippen LogP contribution in [0.1, 0.15) is 5.56 Å². The number of hydrogen-bond donors (Lipinski definition) is 0. The molecule has 0 N–H and O–H groups in total. The molecule has 90 valence electrons. The first-order valence-corrected chi connectivity index (χ1v) is 5.32. The second-order valence-corrected chi connectivity index (χ2v) is 3.97. The fourth-order valence-electron chi connectivity index (χ4n) is 1.54. The molecule has 2 amide bonds. The molecule has 1 aromatic carbocycles. The standard InChI is InChI=1S/C12H10ClNO2.FH/c13-10-3-1-9(2-4-10)7-8-14-11(15)5-6-12(14)16;/h1-6H,7-8H2;1H. The molecule has 0 radical (unpaired) electrons. The molecular formula is C12H11ClFNO2. The van der Waals surface area contributed by atoms with Crippen LogP contribution < -0.4 is 0 Å². The lowest BCUT2D eigenvalue weighted by atomic mass is 10.1. The molecule has 3 nitrogen and oxygen atoms in total. The summed E-state index contributed by atoms with van der Waals surface area (Å²) in [5.41, 5.74) is 1.05. The highest BCUT2D eigenvalue weighted by Crippen LogP contribution is 2.11. The molecule has 17 heavy (non-hydrogen) atoms. The van der Waals surface area contributed by atoms with Gasteiger partial charge in [-0.2, -0.15) is 0 Å². The molecule has 1 aliphatic rings. The molecule has 0 unspecified atom stereocenters. The summed E-state index contributed by atoms with van der Waals surface area (Å²) in [6.45, 7) is 0.409. The van der Waals surface area contributed by atoms with Gasteiger partial charge in [-0.1, -0.05) is 23.7 Å². The van der Waals surface area contributed by atoms with Crippen LogP contribution in [0.3, 0.4) is 0 Å². The highest BCUT2D eigenvalue weighted by Gasteiger charge is 2.22. The average Bonchev–Trinajstić information content (AvgIpc) is 2.59. The minimum Gasteiger partial charge on any atom is -0.275 e. The van der Waals surface area contributed by atoms with E-state index in [1.54, 1.807) is 12.1 Å². The monoisotopic (exact) mass is 255 g/mol. The molecule has 2 rings (SSSR count). The summed E-state index contributed by atoms with van der Waals surface area (Å²) in [7, 11) is 0. The third kappa shape index (κ3) is 3.14. The molecule has 1 aliphatic heterocycles. The van der Waals surface area contributed by atoms with E-state index in [1.165, 1.54) is 17.1 Å². The maximum atomic E-state index is 11.3. The fraction of sp³-hybridized carbons (Fsp3) is 0.167. The van der Waals surface area contributed by atoms with Crippen molar-refractivity contribution in [3.63, 3.8) is 0 Å². The van der Waals surface area contributed by atoms with Gasteiger partial charge in [0.2, 0.25) is 0 Å². The van der Waals surface area contributed by atoms with Crippen molar-refractivity contribution < 1.29 is 14.3 Å². The van der Waals surface area contributed by atoms with Crippen LogP contribution in [0.15, 0.2) is 36.4 Å². The number of carbonyl (C=O) groups excluding carboxylic acids is 2.